The summed E-state index contributed by atoms with van der Waals surface area (Å²) in [5, 5.41) is 1.09. The van der Waals surface area contributed by atoms with Crippen molar-refractivity contribution in [1.82, 2.24) is 9.88 Å². The van der Waals surface area contributed by atoms with Gasteiger partial charge in [0.15, 0.2) is 0 Å². The van der Waals surface area contributed by atoms with Gasteiger partial charge in [-0.15, -0.1) is 0 Å². The summed E-state index contributed by atoms with van der Waals surface area (Å²) in [7, 11) is 4.05. The molecule has 19 heavy (non-hydrogen) atoms. The predicted molar refractivity (Wildman–Crippen MR) is 78.4 cm³/mol. The van der Waals surface area contributed by atoms with Crippen LogP contribution < -0.4 is 10.5 Å². The molecule has 1 heterocycles. The third-order valence-electron chi connectivity index (χ3n) is 2.94. The second-order valence-electron chi connectivity index (χ2n) is 4.99. The van der Waals surface area contributed by atoms with Crippen LogP contribution in [-0.2, 0) is 0 Å². The minimum Gasteiger partial charge on any atom is -0.491 e. The largest absolute Gasteiger partial charge is 0.491 e. The van der Waals surface area contributed by atoms with Crippen LogP contribution in [0.4, 0.5) is 0 Å². The molecule has 0 amide bonds. The number of hydrogen-bond donors (Lipinski definition) is 1. The molecular weight excluding hydrogens is 238 g/mol. The Balaban J connectivity index is 1.95. The van der Waals surface area contributed by atoms with Crippen LogP contribution in [0, 0.1) is 0 Å². The summed E-state index contributed by atoms with van der Waals surface area (Å²) in [6.45, 7) is 1.49. The summed E-state index contributed by atoms with van der Waals surface area (Å²) in [5.74, 6) is 0.829. The predicted octanol–water partition coefficient (Wildman–Crippen LogP) is 1.89. The Labute approximate surface area is 114 Å². The highest BCUT2D eigenvalue weighted by atomic mass is 16.5. The molecule has 0 fully saturated rings. The molecule has 1 atom stereocenters. The molecule has 0 aliphatic carbocycles. The minimum absolute atomic E-state index is 0.137. The van der Waals surface area contributed by atoms with E-state index < -0.39 is 0 Å². The molecule has 0 saturated carbocycles. The number of likely N-dealkylation sites (N-methyl/N-ethyl adjacent to an activating group) is 1. The minimum atomic E-state index is 0.137. The average Bonchev–Trinajstić information content (AvgIpc) is 2.38. The number of para-hydroxylation sites is 1. The van der Waals surface area contributed by atoms with E-state index in [-0.39, 0.29) is 6.04 Å². The number of rotatable bonds is 6. The summed E-state index contributed by atoms with van der Waals surface area (Å²) < 4.78 is 5.81. The maximum Gasteiger partial charge on any atom is 0.145 e. The SMILES string of the molecule is CN(C)CC(N)CCOc1cccc2cccnc12. The quantitative estimate of drug-likeness (QED) is 0.860. The van der Waals surface area contributed by atoms with Crippen LogP contribution in [0.5, 0.6) is 5.75 Å². The smallest absolute Gasteiger partial charge is 0.145 e. The molecule has 0 saturated heterocycles. The van der Waals surface area contributed by atoms with Gasteiger partial charge in [0.25, 0.3) is 0 Å². The van der Waals surface area contributed by atoms with E-state index >= 15 is 0 Å². The summed E-state index contributed by atoms with van der Waals surface area (Å²) in [5.41, 5.74) is 6.92. The standard InChI is InChI=1S/C15H21N3O/c1-18(2)11-13(16)8-10-19-14-7-3-5-12-6-4-9-17-15(12)14/h3-7,9,13H,8,10-11,16H2,1-2H3. The van der Waals surface area contributed by atoms with E-state index in [1.165, 1.54) is 0 Å². The lowest BCUT2D eigenvalue weighted by atomic mass is 10.2. The zero-order chi connectivity index (χ0) is 13.7. The van der Waals surface area contributed by atoms with Crippen molar-refractivity contribution >= 4 is 10.9 Å². The number of hydrogen-bond acceptors (Lipinski definition) is 4. The maximum absolute atomic E-state index is 6.01. The first-order valence-corrected chi connectivity index (χ1v) is 6.53. The van der Waals surface area contributed by atoms with E-state index in [0.717, 1.165) is 29.6 Å². The van der Waals surface area contributed by atoms with Gasteiger partial charge in [0.05, 0.1) is 6.61 Å². The Kier molecular flexibility index (Phi) is 4.71. The van der Waals surface area contributed by atoms with Crippen molar-refractivity contribution in [3.63, 3.8) is 0 Å². The Bertz CT molecular complexity index is 522. The first-order chi connectivity index (χ1) is 9.16. The maximum atomic E-state index is 6.01. The summed E-state index contributed by atoms with van der Waals surface area (Å²) in [6.07, 6.45) is 2.62. The van der Waals surface area contributed by atoms with Crippen LogP contribution >= 0.6 is 0 Å². The molecule has 4 heteroatoms. The molecule has 1 unspecified atom stereocenters. The van der Waals surface area contributed by atoms with Crippen LogP contribution in [0.1, 0.15) is 6.42 Å². The van der Waals surface area contributed by atoms with Crippen molar-refractivity contribution < 1.29 is 4.74 Å². The van der Waals surface area contributed by atoms with Gasteiger partial charge in [-0.05, 0) is 32.6 Å². The third-order valence-corrected chi connectivity index (χ3v) is 2.94. The molecule has 2 N–H and O–H groups in total. The van der Waals surface area contributed by atoms with Crippen LogP contribution in [0.3, 0.4) is 0 Å². The zero-order valence-corrected chi connectivity index (χ0v) is 11.5. The van der Waals surface area contributed by atoms with Crippen molar-refractivity contribution in [2.45, 2.75) is 12.5 Å². The molecule has 0 aliphatic rings. The number of nitrogens with zero attached hydrogens (tertiary/aromatic N) is 2. The summed E-state index contributed by atoms with van der Waals surface area (Å²) in [4.78, 5) is 6.45. The van der Waals surface area contributed by atoms with Gasteiger partial charge in [0.2, 0.25) is 0 Å². The number of nitrogens with two attached hydrogens (primary N) is 1. The second kappa shape index (κ2) is 6.50. The second-order valence-corrected chi connectivity index (χ2v) is 4.99. The normalized spacial score (nSPS) is 12.8. The van der Waals surface area contributed by atoms with Crippen molar-refractivity contribution in [2.75, 3.05) is 27.2 Å². The third kappa shape index (κ3) is 3.91. The lowest BCUT2D eigenvalue weighted by molar-refractivity contribution is 0.279. The van der Waals surface area contributed by atoms with Crippen molar-refractivity contribution in [2.24, 2.45) is 5.73 Å². The first kappa shape index (κ1) is 13.8. The van der Waals surface area contributed by atoms with Gasteiger partial charge in [-0.3, -0.25) is 4.98 Å². The molecule has 0 bridgehead atoms. The van der Waals surface area contributed by atoms with E-state index in [0.29, 0.717) is 6.61 Å². The highest BCUT2D eigenvalue weighted by molar-refractivity contribution is 5.84. The van der Waals surface area contributed by atoms with Gasteiger partial charge in [-0.2, -0.15) is 0 Å². The molecule has 102 valence electrons. The van der Waals surface area contributed by atoms with Crippen LogP contribution in [0.2, 0.25) is 0 Å². The molecule has 2 rings (SSSR count). The zero-order valence-electron chi connectivity index (χ0n) is 11.5. The molecule has 0 spiro atoms. The molecule has 0 radical (unpaired) electrons. The lowest BCUT2D eigenvalue weighted by Crippen LogP contribution is -2.34. The molecule has 0 aliphatic heterocycles. The number of benzene rings is 1. The highest BCUT2D eigenvalue weighted by Gasteiger charge is 2.06. The number of fused-ring (bicyclic) bond motifs is 1. The topological polar surface area (TPSA) is 51.4 Å². The number of ether oxygens (including phenoxy) is 1. The molecule has 2 aromatic rings. The Morgan fingerprint density at radius 3 is 2.84 bits per heavy atom. The monoisotopic (exact) mass is 259 g/mol. The Hall–Kier alpha value is -1.65. The van der Waals surface area contributed by atoms with E-state index in [1.54, 1.807) is 6.20 Å². The van der Waals surface area contributed by atoms with E-state index in [2.05, 4.69) is 9.88 Å². The number of pyridine rings is 1. The lowest BCUT2D eigenvalue weighted by Gasteiger charge is -2.17. The fourth-order valence-electron chi connectivity index (χ4n) is 2.07. The van der Waals surface area contributed by atoms with Crippen LogP contribution in [0.15, 0.2) is 36.5 Å². The van der Waals surface area contributed by atoms with Crippen molar-refractivity contribution in [3.8, 4) is 5.75 Å². The van der Waals surface area contributed by atoms with Crippen LogP contribution in [-0.4, -0.2) is 43.2 Å². The van der Waals surface area contributed by atoms with Gasteiger partial charge >= 0.3 is 0 Å². The molecule has 1 aromatic heterocycles. The van der Waals surface area contributed by atoms with Gasteiger partial charge < -0.3 is 15.4 Å². The fraction of sp³-hybridized carbons (Fsp3) is 0.400. The molecular formula is C15H21N3O. The van der Waals surface area contributed by atoms with Gasteiger partial charge in [0.1, 0.15) is 11.3 Å². The van der Waals surface area contributed by atoms with Crippen LogP contribution in [0.25, 0.3) is 10.9 Å². The van der Waals surface area contributed by atoms with Crippen molar-refractivity contribution in [1.29, 1.82) is 0 Å². The number of aromatic nitrogens is 1. The van der Waals surface area contributed by atoms with Crippen molar-refractivity contribution in [3.05, 3.63) is 36.5 Å². The molecule has 4 nitrogen and oxygen atoms in total. The van der Waals surface area contributed by atoms with Gasteiger partial charge in [-0.1, -0.05) is 18.2 Å². The summed E-state index contributed by atoms with van der Waals surface area (Å²) in [6, 6.07) is 10.1. The van der Waals surface area contributed by atoms with E-state index in [1.807, 2.05) is 44.4 Å². The fourth-order valence-corrected chi connectivity index (χ4v) is 2.07. The van der Waals surface area contributed by atoms with E-state index in [4.69, 9.17) is 10.5 Å². The molecule has 1 aromatic carbocycles. The summed E-state index contributed by atoms with van der Waals surface area (Å²) >= 11 is 0. The van der Waals surface area contributed by atoms with Gasteiger partial charge in [0, 0.05) is 24.2 Å². The van der Waals surface area contributed by atoms with Gasteiger partial charge in [-0.25, -0.2) is 0 Å². The Morgan fingerprint density at radius 2 is 2.05 bits per heavy atom. The van der Waals surface area contributed by atoms with E-state index in [9.17, 15) is 0 Å². The first-order valence-electron chi connectivity index (χ1n) is 6.53. The highest BCUT2D eigenvalue weighted by Crippen LogP contribution is 2.22. The average molecular weight is 259 g/mol. The Morgan fingerprint density at radius 1 is 1.26 bits per heavy atom.